The van der Waals surface area contributed by atoms with Crippen molar-refractivity contribution in [3.63, 3.8) is 0 Å². The van der Waals surface area contributed by atoms with Crippen molar-refractivity contribution in [3.05, 3.63) is 59.3 Å². The number of carbonyl (C=O) groups is 1. The fourth-order valence-corrected chi connectivity index (χ4v) is 4.53. The molecule has 0 radical (unpaired) electrons. The zero-order valence-electron chi connectivity index (χ0n) is 16.7. The Balaban J connectivity index is 1.42. The number of carbonyl (C=O) groups excluding carboxylic acids is 1. The third-order valence-electron chi connectivity index (χ3n) is 5.26. The lowest BCUT2D eigenvalue weighted by atomic mass is 10.0. The van der Waals surface area contributed by atoms with Gasteiger partial charge in [0.05, 0.1) is 18.0 Å². The summed E-state index contributed by atoms with van der Waals surface area (Å²) in [5.41, 5.74) is 1.29. The molecule has 152 valence electrons. The molecule has 6 nitrogen and oxygen atoms in total. The third kappa shape index (κ3) is 4.74. The highest BCUT2D eigenvalue weighted by Gasteiger charge is 2.29. The van der Waals surface area contributed by atoms with E-state index in [1.807, 2.05) is 28.5 Å². The number of thiophene rings is 1. The Hall–Kier alpha value is -2.51. The first-order valence-corrected chi connectivity index (χ1v) is 11.1. The summed E-state index contributed by atoms with van der Waals surface area (Å²) in [6, 6.07) is 14.7. The van der Waals surface area contributed by atoms with Gasteiger partial charge in [-0.15, -0.1) is 21.5 Å². The van der Waals surface area contributed by atoms with Crippen LogP contribution >= 0.6 is 11.3 Å². The average Bonchev–Trinajstić information content (AvgIpc) is 3.50. The normalized spacial score (nSPS) is 16.9. The maximum absolute atomic E-state index is 13.1. The lowest BCUT2D eigenvalue weighted by Gasteiger charge is -2.28. The van der Waals surface area contributed by atoms with Crippen LogP contribution in [0.25, 0.3) is 10.8 Å². The van der Waals surface area contributed by atoms with E-state index >= 15 is 0 Å². The molecule has 0 bridgehead atoms. The molecule has 3 aromatic rings. The fraction of sp³-hybridized carbons (Fsp3) is 0.409. The summed E-state index contributed by atoms with van der Waals surface area (Å²) < 4.78 is 5.80. The Morgan fingerprint density at radius 2 is 2.10 bits per heavy atom. The van der Waals surface area contributed by atoms with Gasteiger partial charge in [0.2, 0.25) is 11.8 Å². The van der Waals surface area contributed by atoms with E-state index in [4.69, 9.17) is 4.42 Å². The van der Waals surface area contributed by atoms with Crippen molar-refractivity contribution in [3.8, 4) is 10.8 Å². The van der Waals surface area contributed by atoms with Gasteiger partial charge in [0.15, 0.2) is 0 Å². The van der Waals surface area contributed by atoms with Gasteiger partial charge in [0, 0.05) is 12.6 Å². The van der Waals surface area contributed by atoms with Gasteiger partial charge >= 0.3 is 0 Å². The second-order valence-electron chi connectivity index (χ2n) is 7.33. The molecule has 0 spiro atoms. The molecule has 1 aliphatic heterocycles. The molecule has 1 atom stereocenters. The SMILES string of the molecule is CCCN(Cc1nnc(-c2cccs2)o1)C(=O)CN1CCCC1c1ccccc1. The molecule has 4 rings (SSSR count). The molecule has 1 fully saturated rings. The maximum Gasteiger partial charge on any atom is 0.257 e. The summed E-state index contributed by atoms with van der Waals surface area (Å²) in [4.78, 5) is 18.2. The highest BCUT2D eigenvalue weighted by molar-refractivity contribution is 7.13. The van der Waals surface area contributed by atoms with E-state index in [0.29, 0.717) is 37.5 Å². The Morgan fingerprint density at radius 1 is 1.24 bits per heavy atom. The van der Waals surface area contributed by atoms with Gasteiger partial charge in [-0.3, -0.25) is 9.69 Å². The number of rotatable bonds is 8. The zero-order chi connectivity index (χ0) is 20.1. The van der Waals surface area contributed by atoms with Gasteiger partial charge in [-0.2, -0.15) is 0 Å². The van der Waals surface area contributed by atoms with E-state index in [2.05, 4.69) is 46.3 Å². The second kappa shape index (κ2) is 9.33. The number of benzene rings is 1. The van der Waals surface area contributed by atoms with Crippen molar-refractivity contribution in [2.75, 3.05) is 19.6 Å². The van der Waals surface area contributed by atoms with Crippen molar-refractivity contribution < 1.29 is 9.21 Å². The van der Waals surface area contributed by atoms with Crippen LogP contribution in [-0.4, -0.2) is 45.5 Å². The van der Waals surface area contributed by atoms with Crippen LogP contribution in [0.1, 0.15) is 43.7 Å². The van der Waals surface area contributed by atoms with Gasteiger partial charge < -0.3 is 9.32 Å². The highest BCUT2D eigenvalue weighted by atomic mass is 32.1. The Bertz CT molecular complexity index is 910. The second-order valence-corrected chi connectivity index (χ2v) is 8.28. The molecule has 1 unspecified atom stereocenters. The molecule has 7 heteroatoms. The van der Waals surface area contributed by atoms with Crippen LogP contribution < -0.4 is 0 Å². The first-order valence-electron chi connectivity index (χ1n) is 10.2. The smallest absolute Gasteiger partial charge is 0.257 e. The Morgan fingerprint density at radius 3 is 2.86 bits per heavy atom. The number of likely N-dealkylation sites (tertiary alicyclic amines) is 1. The average molecular weight is 411 g/mol. The maximum atomic E-state index is 13.1. The van der Waals surface area contributed by atoms with Crippen LogP contribution in [0.15, 0.2) is 52.3 Å². The molecule has 2 aromatic heterocycles. The lowest BCUT2D eigenvalue weighted by molar-refractivity contribution is -0.133. The molecule has 0 aliphatic carbocycles. The quantitative estimate of drug-likeness (QED) is 0.552. The monoisotopic (exact) mass is 410 g/mol. The minimum atomic E-state index is 0.116. The third-order valence-corrected chi connectivity index (χ3v) is 6.12. The van der Waals surface area contributed by atoms with Crippen LogP contribution in [0.5, 0.6) is 0 Å². The first kappa shape index (κ1) is 19.8. The van der Waals surface area contributed by atoms with Gasteiger partial charge in [0.25, 0.3) is 5.89 Å². The van der Waals surface area contributed by atoms with Gasteiger partial charge in [-0.1, -0.05) is 43.3 Å². The first-order chi connectivity index (χ1) is 14.2. The van der Waals surface area contributed by atoms with E-state index < -0.39 is 0 Å². The summed E-state index contributed by atoms with van der Waals surface area (Å²) >= 11 is 1.56. The molecule has 1 saturated heterocycles. The van der Waals surface area contributed by atoms with E-state index in [1.165, 1.54) is 5.56 Å². The summed E-state index contributed by atoms with van der Waals surface area (Å²) in [5.74, 6) is 1.12. The molecule has 29 heavy (non-hydrogen) atoms. The number of amides is 1. The predicted octanol–water partition coefficient (Wildman–Crippen LogP) is 4.37. The van der Waals surface area contributed by atoms with Crippen molar-refractivity contribution in [2.45, 2.75) is 38.8 Å². The lowest BCUT2D eigenvalue weighted by Crippen LogP contribution is -2.40. The highest BCUT2D eigenvalue weighted by Crippen LogP contribution is 2.31. The molecule has 1 aromatic carbocycles. The van der Waals surface area contributed by atoms with Gasteiger partial charge in [-0.05, 0) is 42.8 Å². The van der Waals surface area contributed by atoms with E-state index in [-0.39, 0.29) is 5.91 Å². The van der Waals surface area contributed by atoms with Crippen LogP contribution in [0, 0.1) is 0 Å². The Kier molecular flexibility index (Phi) is 6.36. The van der Waals surface area contributed by atoms with Crippen molar-refractivity contribution in [2.24, 2.45) is 0 Å². The molecule has 3 heterocycles. The predicted molar refractivity (Wildman–Crippen MR) is 113 cm³/mol. The van der Waals surface area contributed by atoms with Crippen LogP contribution in [-0.2, 0) is 11.3 Å². The van der Waals surface area contributed by atoms with E-state index in [9.17, 15) is 4.79 Å². The van der Waals surface area contributed by atoms with E-state index in [0.717, 1.165) is 30.7 Å². The summed E-state index contributed by atoms with van der Waals surface area (Å²) in [5, 5.41) is 10.3. The minimum Gasteiger partial charge on any atom is -0.418 e. The summed E-state index contributed by atoms with van der Waals surface area (Å²) in [7, 11) is 0. The molecular weight excluding hydrogens is 384 g/mol. The molecule has 0 N–H and O–H groups in total. The van der Waals surface area contributed by atoms with Crippen LogP contribution in [0.3, 0.4) is 0 Å². The van der Waals surface area contributed by atoms with Gasteiger partial charge in [-0.25, -0.2) is 0 Å². The largest absolute Gasteiger partial charge is 0.418 e. The minimum absolute atomic E-state index is 0.116. The number of hydrogen-bond donors (Lipinski definition) is 0. The van der Waals surface area contributed by atoms with Crippen molar-refractivity contribution in [1.82, 2.24) is 20.0 Å². The fourth-order valence-electron chi connectivity index (χ4n) is 3.88. The van der Waals surface area contributed by atoms with E-state index in [1.54, 1.807) is 11.3 Å². The number of aromatic nitrogens is 2. The van der Waals surface area contributed by atoms with Crippen LogP contribution in [0.4, 0.5) is 0 Å². The van der Waals surface area contributed by atoms with Crippen molar-refractivity contribution in [1.29, 1.82) is 0 Å². The molecular formula is C22H26N4O2S. The number of nitrogens with zero attached hydrogens (tertiary/aromatic N) is 4. The topological polar surface area (TPSA) is 62.5 Å². The van der Waals surface area contributed by atoms with Gasteiger partial charge in [0.1, 0.15) is 0 Å². The summed E-state index contributed by atoms with van der Waals surface area (Å²) in [6.45, 7) is 4.49. The molecule has 1 amide bonds. The molecule has 1 aliphatic rings. The molecule has 0 saturated carbocycles. The van der Waals surface area contributed by atoms with Crippen molar-refractivity contribution >= 4 is 17.2 Å². The number of hydrogen-bond acceptors (Lipinski definition) is 6. The zero-order valence-corrected chi connectivity index (χ0v) is 17.5. The Labute approximate surface area is 175 Å². The van der Waals surface area contributed by atoms with Crippen LogP contribution in [0.2, 0.25) is 0 Å². The summed E-state index contributed by atoms with van der Waals surface area (Å²) in [6.07, 6.45) is 3.10. The standard InChI is InChI=1S/C22H26N4O2S/c1-2-12-26(15-20-23-24-22(28-20)19-11-7-14-29-19)21(27)16-25-13-6-10-18(25)17-8-4-3-5-9-17/h3-5,7-9,11,14,18H,2,6,10,12-13,15-16H2,1H3.